The van der Waals surface area contributed by atoms with Crippen LogP contribution in [0.5, 0.6) is 0 Å². The van der Waals surface area contributed by atoms with Crippen molar-refractivity contribution in [1.82, 2.24) is 4.90 Å². The fourth-order valence-corrected chi connectivity index (χ4v) is 2.91. The van der Waals surface area contributed by atoms with E-state index in [2.05, 4.69) is 10.6 Å². The lowest BCUT2D eigenvalue weighted by atomic mass is 9.96. The molecule has 0 aliphatic carbocycles. The molecule has 0 bridgehead atoms. The number of primary amides is 1. The molecule has 1 aromatic rings. The van der Waals surface area contributed by atoms with Gasteiger partial charge in [-0.25, -0.2) is 0 Å². The van der Waals surface area contributed by atoms with Gasteiger partial charge in [0, 0.05) is 37.3 Å². The molecule has 1 saturated heterocycles. The van der Waals surface area contributed by atoms with E-state index < -0.39 is 23.6 Å². The number of carbonyl (C=O) groups excluding carboxylic acids is 3. The molecule has 10 heteroatoms. The van der Waals surface area contributed by atoms with Gasteiger partial charge in [-0.3, -0.25) is 14.4 Å². The second-order valence-electron chi connectivity index (χ2n) is 6.35. The van der Waals surface area contributed by atoms with E-state index in [0.717, 1.165) is 6.07 Å². The van der Waals surface area contributed by atoms with Gasteiger partial charge in [-0.1, -0.05) is 0 Å². The summed E-state index contributed by atoms with van der Waals surface area (Å²) >= 11 is 0. The van der Waals surface area contributed by atoms with Crippen LogP contribution >= 0.6 is 0 Å². The van der Waals surface area contributed by atoms with E-state index in [1.165, 1.54) is 24.0 Å². The van der Waals surface area contributed by atoms with E-state index in [-0.39, 0.29) is 29.7 Å². The number of carbonyl (C=O) groups is 3. The van der Waals surface area contributed by atoms with E-state index in [9.17, 15) is 27.6 Å². The molecular weight excluding hydrogens is 365 g/mol. The summed E-state index contributed by atoms with van der Waals surface area (Å²) in [5, 5.41) is 4.81. The Labute approximate surface area is 154 Å². The highest BCUT2D eigenvalue weighted by Gasteiger charge is 2.34. The molecule has 0 aromatic heterocycles. The number of halogens is 3. The Bertz CT molecular complexity index is 729. The third-order valence-electron chi connectivity index (χ3n) is 4.33. The maximum absolute atomic E-state index is 13.3. The standard InChI is InChI=1S/C17H21F3N4O3/c1-10(25)23-12-2-3-14(13(8-12)17(18,19)20)22-9-15(26)24-6-4-11(5-7-24)16(21)27/h2-3,8,11,22H,4-7,9H2,1H3,(H2,21,27)(H,23,25). The summed E-state index contributed by atoms with van der Waals surface area (Å²) in [5.74, 6) is -1.54. The zero-order chi connectivity index (χ0) is 20.2. The number of benzene rings is 1. The van der Waals surface area contributed by atoms with Crippen LogP contribution in [0.3, 0.4) is 0 Å². The average molecular weight is 386 g/mol. The predicted molar refractivity (Wildman–Crippen MR) is 92.7 cm³/mol. The van der Waals surface area contributed by atoms with Gasteiger partial charge < -0.3 is 21.3 Å². The van der Waals surface area contributed by atoms with Crippen molar-refractivity contribution in [2.75, 3.05) is 30.3 Å². The summed E-state index contributed by atoms with van der Waals surface area (Å²) < 4.78 is 39.8. The molecule has 7 nitrogen and oxygen atoms in total. The summed E-state index contributed by atoms with van der Waals surface area (Å²) in [7, 11) is 0. The van der Waals surface area contributed by atoms with Crippen molar-refractivity contribution >= 4 is 29.1 Å². The Morgan fingerprint density at radius 3 is 2.37 bits per heavy atom. The van der Waals surface area contributed by atoms with Crippen molar-refractivity contribution in [2.45, 2.75) is 25.9 Å². The highest BCUT2D eigenvalue weighted by Crippen LogP contribution is 2.36. The highest BCUT2D eigenvalue weighted by molar-refractivity contribution is 5.89. The van der Waals surface area contributed by atoms with Crippen molar-refractivity contribution < 1.29 is 27.6 Å². The average Bonchev–Trinajstić information content (AvgIpc) is 2.59. The molecule has 0 radical (unpaired) electrons. The van der Waals surface area contributed by atoms with Gasteiger partial charge in [0.1, 0.15) is 0 Å². The summed E-state index contributed by atoms with van der Waals surface area (Å²) in [5.41, 5.74) is 4.02. The lowest BCUT2D eigenvalue weighted by Crippen LogP contribution is -2.43. The van der Waals surface area contributed by atoms with Gasteiger partial charge in [0.15, 0.2) is 0 Å². The van der Waals surface area contributed by atoms with Crippen LogP contribution in [0.25, 0.3) is 0 Å². The molecule has 0 spiro atoms. The molecule has 1 heterocycles. The number of nitrogens with zero attached hydrogens (tertiary/aromatic N) is 1. The number of anilines is 2. The summed E-state index contributed by atoms with van der Waals surface area (Å²) in [4.78, 5) is 35.9. The molecule has 27 heavy (non-hydrogen) atoms. The molecular formula is C17H21F3N4O3. The van der Waals surface area contributed by atoms with Gasteiger partial charge >= 0.3 is 6.18 Å². The van der Waals surface area contributed by atoms with Crippen LogP contribution in [-0.4, -0.2) is 42.3 Å². The zero-order valence-corrected chi connectivity index (χ0v) is 14.7. The van der Waals surface area contributed by atoms with Crippen LogP contribution in [0.2, 0.25) is 0 Å². The monoisotopic (exact) mass is 386 g/mol. The van der Waals surface area contributed by atoms with Gasteiger partial charge in [-0.2, -0.15) is 13.2 Å². The van der Waals surface area contributed by atoms with Crippen LogP contribution in [0, 0.1) is 5.92 Å². The van der Waals surface area contributed by atoms with Crippen molar-refractivity contribution in [3.05, 3.63) is 23.8 Å². The number of rotatable bonds is 5. The number of piperidine rings is 1. The summed E-state index contributed by atoms with van der Waals surface area (Å²) in [6.45, 7) is 1.55. The number of nitrogens with one attached hydrogen (secondary N) is 2. The molecule has 0 unspecified atom stereocenters. The Balaban J connectivity index is 2.03. The second-order valence-corrected chi connectivity index (χ2v) is 6.35. The van der Waals surface area contributed by atoms with Crippen molar-refractivity contribution in [3.63, 3.8) is 0 Å². The number of alkyl halides is 3. The van der Waals surface area contributed by atoms with Crippen molar-refractivity contribution in [3.8, 4) is 0 Å². The largest absolute Gasteiger partial charge is 0.418 e. The van der Waals surface area contributed by atoms with Crippen LogP contribution in [-0.2, 0) is 20.6 Å². The lowest BCUT2D eigenvalue weighted by molar-refractivity contribution is -0.137. The predicted octanol–water partition coefficient (Wildman–Crippen LogP) is 1.80. The van der Waals surface area contributed by atoms with Crippen molar-refractivity contribution in [2.24, 2.45) is 11.7 Å². The molecule has 2 rings (SSSR count). The second kappa shape index (κ2) is 8.28. The van der Waals surface area contributed by atoms with Gasteiger partial charge in [-0.05, 0) is 31.0 Å². The fourth-order valence-electron chi connectivity index (χ4n) is 2.91. The van der Waals surface area contributed by atoms with Crippen LogP contribution in [0.15, 0.2) is 18.2 Å². The SMILES string of the molecule is CC(=O)Nc1ccc(NCC(=O)N2CCC(C(N)=O)CC2)c(C(F)(F)F)c1. The molecule has 1 aromatic carbocycles. The number of hydrogen-bond donors (Lipinski definition) is 3. The minimum atomic E-state index is -4.65. The summed E-state index contributed by atoms with van der Waals surface area (Å²) in [6.07, 6.45) is -3.76. The van der Waals surface area contributed by atoms with E-state index in [1.807, 2.05) is 0 Å². The van der Waals surface area contributed by atoms with Gasteiger partial charge in [0.05, 0.1) is 12.1 Å². The third-order valence-corrected chi connectivity index (χ3v) is 4.33. The molecule has 1 aliphatic heterocycles. The van der Waals surface area contributed by atoms with E-state index in [1.54, 1.807) is 0 Å². The maximum Gasteiger partial charge on any atom is 0.418 e. The van der Waals surface area contributed by atoms with Crippen LogP contribution < -0.4 is 16.4 Å². The van der Waals surface area contributed by atoms with Crippen molar-refractivity contribution in [1.29, 1.82) is 0 Å². The first-order valence-electron chi connectivity index (χ1n) is 8.37. The Hall–Kier alpha value is -2.78. The first-order chi connectivity index (χ1) is 12.6. The van der Waals surface area contributed by atoms with E-state index in [0.29, 0.717) is 25.9 Å². The van der Waals surface area contributed by atoms with E-state index >= 15 is 0 Å². The van der Waals surface area contributed by atoms with Gasteiger partial charge in [0.2, 0.25) is 17.7 Å². The minimum absolute atomic E-state index is 0.0141. The zero-order valence-electron chi connectivity index (χ0n) is 14.7. The van der Waals surface area contributed by atoms with Crippen LogP contribution in [0.4, 0.5) is 24.5 Å². The number of likely N-dealkylation sites (tertiary alicyclic amines) is 1. The fraction of sp³-hybridized carbons (Fsp3) is 0.471. The van der Waals surface area contributed by atoms with Crippen LogP contribution in [0.1, 0.15) is 25.3 Å². The first-order valence-corrected chi connectivity index (χ1v) is 8.37. The molecule has 0 saturated carbocycles. The molecule has 148 valence electrons. The molecule has 0 atom stereocenters. The quantitative estimate of drug-likeness (QED) is 0.718. The van der Waals surface area contributed by atoms with Gasteiger partial charge in [0.25, 0.3) is 0 Å². The highest BCUT2D eigenvalue weighted by atomic mass is 19.4. The topological polar surface area (TPSA) is 105 Å². The third kappa shape index (κ3) is 5.60. The first kappa shape index (κ1) is 20.5. The molecule has 3 amide bonds. The number of nitrogens with two attached hydrogens (primary N) is 1. The number of hydrogen-bond acceptors (Lipinski definition) is 4. The number of amides is 3. The van der Waals surface area contributed by atoms with E-state index in [4.69, 9.17) is 5.73 Å². The normalized spacial score (nSPS) is 15.3. The Morgan fingerprint density at radius 2 is 1.85 bits per heavy atom. The lowest BCUT2D eigenvalue weighted by Gasteiger charge is -2.30. The Morgan fingerprint density at radius 1 is 1.22 bits per heavy atom. The Kier molecular flexibility index (Phi) is 6.29. The van der Waals surface area contributed by atoms with Gasteiger partial charge in [-0.15, -0.1) is 0 Å². The molecule has 1 fully saturated rings. The molecule has 4 N–H and O–H groups in total. The molecule has 1 aliphatic rings. The smallest absolute Gasteiger partial charge is 0.376 e. The summed E-state index contributed by atoms with van der Waals surface area (Å²) in [6, 6.07) is 3.30. The minimum Gasteiger partial charge on any atom is -0.376 e. The maximum atomic E-state index is 13.3.